The molecule has 1 saturated heterocycles. The fraction of sp³-hybridized carbons (Fsp3) is 0.154. The van der Waals surface area contributed by atoms with Gasteiger partial charge in [-0.2, -0.15) is 4.31 Å². The van der Waals surface area contributed by atoms with Crippen molar-refractivity contribution >= 4 is 48.5 Å². The van der Waals surface area contributed by atoms with E-state index in [2.05, 4.69) is 20.9 Å². The van der Waals surface area contributed by atoms with Gasteiger partial charge in [0.2, 0.25) is 10.0 Å². The number of carbonyl (C=O) groups is 1. The van der Waals surface area contributed by atoms with E-state index in [1.165, 1.54) is 4.31 Å². The lowest BCUT2D eigenvalue weighted by Crippen LogP contribution is -2.50. The first kappa shape index (κ1) is 23.5. The molecule has 9 heteroatoms. The normalized spacial score (nSPS) is 14.8. The van der Waals surface area contributed by atoms with Gasteiger partial charge in [-0.3, -0.25) is 4.79 Å². The number of fused-ring (bicyclic) bond motifs is 1. The van der Waals surface area contributed by atoms with Crippen LogP contribution in [0.2, 0.25) is 0 Å². The topological polar surface area (TPSA) is 96.6 Å². The van der Waals surface area contributed by atoms with Gasteiger partial charge in [-0.15, -0.1) is 0 Å². The van der Waals surface area contributed by atoms with Crippen LogP contribution in [-0.4, -0.2) is 54.7 Å². The molecule has 0 bridgehead atoms. The lowest BCUT2D eigenvalue weighted by Gasteiger charge is -2.34. The third-order valence-electron chi connectivity index (χ3n) is 6.18. The third kappa shape index (κ3) is 4.80. The fourth-order valence-corrected chi connectivity index (χ4v) is 6.09. The van der Waals surface area contributed by atoms with Crippen molar-refractivity contribution in [3.8, 4) is 11.1 Å². The number of amides is 1. The van der Waals surface area contributed by atoms with E-state index in [0.29, 0.717) is 24.5 Å². The van der Waals surface area contributed by atoms with Crippen molar-refractivity contribution in [1.29, 1.82) is 0 Å². The third-order valence-corrected chi connectivity index (χ3v) is 8.57. The number of nitrogens with two attached hydrogens (primary N) is 1. The quantitative estimate of drug-likeness (QED) is 0.406. The van der Waals surface area contributed by atoms with Crippen LogP contribution in [0.15, 0.2) is 88.4 Å². The molecular weight excluding hydrogens is 528 g/mol. The minimum Gasteiger partial charge on any atom is -0.384 e. The summed E-state index contributed by atoms with van der Waals surface area (Å²) in [5, 5.41) is 1.83. The van der Waals surface area contributed by atoms with E-state index in [1.807, 2.05) is 42.5 Å². The second-order valence-corrected chi connectivity index (χ2v) is 11.2. The van der Waals surface area contributed by atoms with Crippen LogP contribution in [0.3, 0.4) is 0 Å². The van der Waals surface area contributed by atoms with Crippen LogP contribution in [0, 0.1) is 0 Å². The molecule has 0 spiro atoms. The Labute approximate surface area is 212 Å². The molecule has 0 saturated carbocycles. The number of nitrogens with zero attached hydrogens (tertiary/aromatic N) is 3. The van der Waals surface area contributed by atoms with Crippen LogP contribution >= 0.6 is 15.9 Å². The number of nitrogen functional groups attached to an aromatic ring is 1. The fourth-order valence-electron chi connectivity index (χ4n) is 4.25. The minimum absolute atomic E-state index is 0.112. The van der Waals surface area contributed by atoms with E-state index in [4.69, 9.17) is 5.73 Å². The Bertz CT molecular complexity index is 1520. The molecule has 178 valence electrons. The van der Waals surface area contributed by atoms with Gasteiger partial charge in [0.05, 0.1) is 4.90 Å². The van der Waals surface area contributed by atoms with E-state index in [-0.39, 0.29) is 23.9 Å². The van der Waals surface area contributed by atoms with Crippen LogP contribution in [0.1, 0.15) is 10.4 Å². The molecule has 3 aromatic carbocycles. The molecule has 2 N–H and O–H groups in total. The Morgan fingerprint density at radius 2 is 1.51 bits per heavy atom. The average molecular weight is 551 g/mol. The number of carbonyl (C=O) groups excluding carboxylic acids is 1. The first-order valence-electron chi connectivity index (χ1n) is 11.1. The van der Waals surface area contributed by atoms with E-state index < -0.39 is 10.0 Å². The first-order chi connectivity index (χ1) is 16.8. The number of aromatic nitrogens is 1. The van der Waals surface area contributed by atoms with Gasteiger partial charge in [0.15, 0.2) is 0 Å². The number of sulfonamides is 1. The summed E-state index contributed by atoms with van der Waals surface area (Å²) in [4.78, 5) is 19.0. The van der Waals surface area contributed by atoms with Gasteiger partial charge < -0.3 is 10.6 Å². The maximum atomic E-state index is 13.2. The molecule has 5 rings (SSSR count). The number of anilines is 1. The zero-order chi connectivity index (χ0) is 24.6. The van der Waals surface area contributed by atoms with Crippen molar-refractivity contribution in [2.24, 2.45) is 0 Å². The van der Waals surface area contributed by atoms with E-state index in [0.717, 1.165) is 26.4 Å². The maximum Gasteiger partial charge on any atom is 0.253 e. The largest absolute Gasteiger partial charge is 0.384 e. The van der Waals surface area contributed by atoms with E-state index >= 15 is 0 Å². The van der Waals surface area contributed by atoms with Crippen LogP contribution in [0.25, 0.3) is 21.9 Å². The smallest absolute Gasteiger partial charge is 0.253 e. The summed E-state index contributed by atoms with van der Waals surface area (Å²) in [6, 6.07) is 21.9. The zero-order valence-corrected chi connectivity index (χ0v) is 21.2. The molecular formula is C26H23BrN4O3S. The van der Waals surface area contributed by atoms with Gasteiger partial charge in [0.25, 0.3) is 5.91 Å². The van der Waals surface area contributed by atoms with Crippen molar-refractivity contribution in [3.05, 3.63) is 89.0 Å². The number of piperazine rings is 1. The lowest BCUT2D eigenvalue weighted by molar-refractivity contribution is 0.0698. The van der Waals surface area contributed by atoms with Crippen LogP contribution in [0.5, 0.6) is 0 Å². The molecule has 1 amide bonds. The number of benzene rings is 3. The number of hydrogen-bond donors (Lipinski definition) is 1. The summed E-state index contributed by atoms with van der Waals surface area (Å²) < 4.78 is 28.9. The summed E-state index contributed by atoms with van der Waals surface area (Å²) in [5.74, 6) is 0.325. The first-order valence-corrected chi connectivity index (χ1v) is 13.4. The predicted molar refractivity (Wildman–Crippen MR) is 140 cm³/mol. The second kappa shape index (κ2) is 9.41. The monoisotopic (exact) mass is 550 g/mol. The summed E-state index contributed by atoms with van der Waals surface area (Å²) in [7, 11) is -3.65. The van der Waals surface area contributed by atoms with Crippen LogP contribution in [0.4, 0.5) is 5.82 Å². The van der Waals surface area contributed by atoms with Gasteiger partial charge >= 0.3 is 0 Å². The van der Waals surface area contributed by atoms with E-state index in [9.17, 15) is 13.2 Å². The number of pyridine rings is 1. The molecule has 2 heterocycles. The number of rotatable bonds is 4. The van der Waals surface area contributed by atoms with Crippen LogP contribution < -0.4 is 5.73 Å². The molecule has 0 aliphatic carbocycles. The van der Waals surface area contributed by atoms with Crippen LogP contribution in [-0.2, 0) is 10.0 Å². The average Bonchev–Trinajstić information content (AvgIpc) is 2.88. The minimum atomic E-state index is -3.65. The summed E-state index contributed by atoms with van der Waals surface area (Å²) in [6.07, 6.45) is 1.65. The van der Waals surface area contributed by atoms with Gasteiger partial charge in [0.1, 0.15) is 5.82 Å². The van der Waals surface area contributed by atoms with Crippen molar-refractivity contribution in [3.63, 3.8) is 0 Å². The number of hydrogen-bond acceptors (Lipinski definition) is 5. The highest BCUT2D eigenvalue weighted by Gasteiger charge is 2.30. The van der Waals surface area contributed by atoms with Crippen molar-refractivity contribution in [2.45, 2.75) is 4.90 Å². The molecule has 1 aromatic heterocycles. The highest BCUT2D eigenvalue weighted by Crippen LogP contribution is 2.26. The molecule has 1 fully saturated rings. The predicted octanol–water partition coefficient (Wildman–Crippen LogP) is 4.39. The number of halogens is 1. The molecule has 0 unspecified atom stereocenters. The molecule has 0 radical (unpaired) electrons. The Hall–Kier alpha value is -3.27. The highest BCUT2D eigenvalue weighted by atomic mass is 79.9. The summed E-state index contributed by atoms with van der Waals surface area (Å²) in [5.41, 5.74) is 8.19. The van der Waals surface area contributed by atoms with Gasteiger partial charge in [-0.25, -0.2) is 13.4 Å². The highest BCUT2D eigenvalue weighted by molar-refractivity contribution is 9.10. The van der Waals surface area contributed by atoms with Crippen molar-refractivity contribution < 1.29 is 13.2 Å². The van der Waals surface area contributed by atoms with Gasteiger partial charge in [-0.05, 0) is 70.4 Å². The Morgan fingerprint density at radius 1 is 0.829 bits per heavy atom. The molecule has 1 aliphatic rings. The van der Waals surface area contributed by atoms with Crippen molar-refractivity contribution in [2.75, 3.05) is 31.9 Å². The maximum absolute atomic E-state index is 13.2. The summed E-state index contributed by atoms with van der Waals surface area (Å²) in [6.45, 7) is 1.17. The van der Waals surface area contributed by atoms with E-state index in [1.54, 1.807) is 41.4 Å². The molecule has 7 nitrogen and oxygen atoms in total. The Morgan fingerprint density at radius 3 is 2.23 bits per heavy atom. The summed E-state index contributed by atoms with van der Waals surface area (Å²) >= 11 is 3.44. The Kier molecular flexibility index (Phi) is 6.31. The molecule has 35 heavy (non-hydrogen) atoms. The Balaban J connectivity index is 1.26. The lowest BCUT2D eigenvalue weighted by atomic mass is 10.0. The molecule has 1 aliphatic heterocycles. The zero-order valence-electron chi connectivity index (χ0n) is 18.8. The standard InChI is InChI=1S/C26H23BrN4O3S/c27-23-7-5-21-16-24(8-6-20(21)15-23)35(33,34)31-13-11-30(12-14-31)26(32)19-3-1-18(2-4-19)22-9-10-29-25(28)17-22/h1-10,15-17H,11-14H2,(H2,28,29). The molecule has 4 aromatic rings. The van der Waals surface area contributed by atoms with Gasteiger partial charge in [0, 0.05) is 42.4 Å². The molecule has 0 atom stereocenters. The second-order valence-electron chi connectivity index (χ2n) is 8.40. The SMILES string of the molecule is Nc1cc(-c2ccc(C(=O)N3CCN(S(=O)(=O)c4ccc5cc(Br)ccc5c4)CC3)cc2)ccn1. The van der Waals surface area contributed by atoms with Gasteiger partial charge in [-0.1, -0.05) is 40.2 Å². The van der Waals surface area contributed by atoms with Crippen molar-refractivity contribution in [1.82, 2.24) is 14.2 Å².